The molecule has 1 aliphatic heterocycles. The highest BCUT2D eigenvalue weighted by Gasteiger charge is 2.33. The van der Waals surface area contributed by atoms with E-state index in [0.29, 0.717) is 29.7 Å². The molecule has 0 bridgehead atoms. The molecule has 10 heteroatoms. The number of ether oxygens (including phenoxy) is 2. The average molecular weight is 510 g/mol. The number of halogens is 4. The lowest BCUT2D eigenvalue weighted by Gasteiger charge is -2.29. The van der Waals surface area contributed by atoms with E-state index in [1.807, 2.05) is 0 Å². The Kier molecular flexibility index (Phi) is 7.14. The van der Waals surface area contributed by atoms with Crippen molar-refractivity contribution < 1.29 is 35.5 Å². The van der Waals surface area contributed by atoms with Crippen LogP contribution in [0.2, 0.25) is 0 Å². The monoisotopic (exact) mass is 509 g/mol. The Bertz CT molecular complexity index is 1330. The van der Waals surface area contributed by atoms with Gasteiger partial charge in [-0.1, -0.05) is 18.2 Å². The Labute approximate surface area is 200 Å². The number of hydrogen-bond donors (Lipinski definition) is 0. The van der Waals surface area contributed by atoms with Crippen molar-refractivity contribution in [1.82, 2.24) is 4.98 Å². The van der Waals surface area contributed by atoms with Gasteiger partial charge in [-0.05, 0) is 60.4 Å². The summed E-state index contributed by atoms with van der Waals surface area (Å²) in [7, 11) is -2.35. The lowest BCUT2D eigenvalue weighted by atomic mass is 9.83. The number of benzene rings is 2. The van der Waals surface area contributed by atoms with Gasteiger partial charge in [0.15, 0.2) is 9.84 Å². The van der Waals surface area contributed by atoms with E-state index in [1.54, 1.807) is 6.07 Å². The van der Waals surface area contributed by atoms with Crippen LogP contribution in [0.25, 0.3) is 0 Å². The summed E-state index contributed by atoms with van der Waals surface area (Å²) in [5, 5.41) is 0. The molecule has 0 saturated heterocycles. The van der Waals surface area contributed by atoms with Crippen LogP contribution < -0.4 is 4.74 Å². The maximum absolute atomic E-state index is 13.4. The van der Waals surface area contributed by atoms with Crippen molar-refractivity contribution >= 4 is 9.84 Å². The van der Waals surface area contributed by atoms with E-state index >= 15 is 0 Å². The molecule has 186 valence electrons. The molecule has 0 N–H and O–H groups in total. The number of pyridine rings is 1. The van der Waals surface area contributed by atoms with Crippen LogP contribution in [0, 0.1) is 5.95 Å². The van der Waals surface area contributed by atoms with Gasteiger partial charge in [0.05, 0.1) is 35.1 Å². The minimum absolute atomic E-state index is 0.00464. The van der Waals surface area contributed by atoms with Crippen molar-refractivity contribution in [2.45, 2.75) is 35.6 Å². The third-order valence-electron chi connectivity index (χ3n) is 5.92. The number of alkyl halides is 3. The van der Waals surface area contributed by atoms with Crippen molar-refractivity contribution in [3.8, 4) is 5.75 Å². The van der Waals surface area contributed by atoms with Gasteiger partial charge in [-0.15, -0.1) is 0 Å². The van der Waals surface area contributed by atoms with Crippen LogP contribution in [0.3, 0.4) is 0 Å². The molecule has 2 heterocycles. The van der Waals surface area contributed by atoms with Crippen LogP contribution in [0.4, 0.5) is 17.6 Å². The van der Waals surface area contributed by atoms with Crippen molar-refractivity contribution in [3.63, 3.8) is 0 Å². The zero-order valence-electron chi connectivity index (χ0n) is 18.8. The lowest BCUT2D eigenvalue weighted by Crippen LogP contribution is -2.18. The first-order chi connectivity index (χ1) is 16.6. The molecule has 1 aromatic heterocycles. The van der Waals surface area contributed by atoms with Gasteiger partial charge >= 0.3 is 6.18 Å². The molecule has 4 rings (SSSR count). The molecule has 0 fully saturated rings. The third-order valence-corrected chi connectivity index (χ3v) is 7.56. The summed E-state index contributed by atoms with van der Waals surface area (Å²) in [5.41, 5.74) is 1.28. The second-order valence-corrected chi connectivity index (χ2v) is 10.2. The first kappa shape index (κ1) is 25.1. The minimum Gasteiger partial charge on any atom is -0.493 e. The van der Waals surface area contributed by atoms with Crippen molar-refractivity contribution in [2.24, 2.45) is 0 Å². The Balaban J connectivity index is 1.68. The topological polar surface area (TPSA) is 65.5 Å². The number of sulfone groups is 1. The van der Waals surface area contributed by atoms with Crippen LogP contribution >= 0.6 is 0 Å². The molecule has 1 atom stereocenters. The molecule has 0 spiro atoms. The van der Waals surface area contributed by atoms with Crippen LogP contribution in [0.15, 0.2) is 59.5 Å². The molecule has 35 heavy (non-hydrogen) atoms. The zero-order chi connectivity index (χ0) is 25.2. The van der Waals surface area contributed by atoms with E-state index in [4.69, 9.17) is 9.47 Å². The summed E-state index contributed by atoms with van der Waals surface area (Å²) in [4.78, 5) is 3.61. The molecular formula is C25H23F4NO4S. The fraction of sp³-hybridized carbons (Fsp3) is 0.320. The van der Waals surface area contributed by atoms with E-state index in [0.717, 1.165) is 23.8 Å². The molecule has 1 aliphatic rings. The predicted molar refractivity (Wildman–Crippen MR) is 121 cm³/mol. The number of rotatable bonds is 7. The lowest BCUT2D eigenvalue weighted by molar-refractivity contribution is -0.137. The maximum Gasteiger partial charge on any atom is 0.416 e. The Morgan fingerprint density at radius 1 is 1.09 bits per heavy atom. The van der Waals surface area contributed by atoms with Gasteiger partial charge in [0.25, 0.3) is 0 Å². The fourth-order valence-corrected chi connectivity index (χ4v) is 5.52. The Morgan fingerprint density at radius 3 is 2.57 bits per heavy atom. The number of methoxy groups -OCH3 is 1. The highest BCUT2D eigenvalue weighted by atomic mass is 32.2. The van der Waals surface area contributed by atoms with Gasteiger partial charge in [0.1, 0.15) is 5.75 Å². The average Bonchev–Trinajstić information content (AvgIpc) is 2.81. The van der Waals surface area contributed by atoms with Crippen LogP contribution in [-0.4, -0.2) is 33.7 Å². The first-order valence-electron chi connectivity index (χ1n) is 10.9. The summed E-state index contributed by atoms with van der Waals surface area (Å²) in [5.74, 6) is -1.16. The van der Waals surface area contributed by atoms with Gasteiger partial charge in [0, 0.05) is 18.6 Å². The number of hydrogen-bond acceptors (Lipinski definition) is 5. The Hall–Kier alpha value is -2.98. The first-order valence-corrected chi connectivity index (χ1v) is 12.5. The molecule has 5 nitrogen and oxygen atoms in total. The molecule has 0 radical (unpaired) electrons. The summed E-state index contributed by atoms with van der Waals surface area (Å²) < 4.78 is 89.9. The summed E-state index contributed by atoms with van der Waals surface area (Å²) in [6, 6.07) is 12.1. The maximum atomic E-state index is 13.4. The van der Waals surface area contributed by atoms with Crippen LogP contribution in [0.5, 0.6) is 5.75 Å². The smallest absolute Gasteiger partial charge is 0.416 e. The molecule has 2 aromatic carbocycles. The summed E-state index contributed by atoms with van der Waals surface area (Å²) in [6.45, 7) is 0.535. The van der Waals surface area contributed by atoms with E-state index in [2.05, 4.69) is 4.98 Å². The van der Waals surface area contributed by atoms with E-state index < -0.39 is 33.3 Å². The fourth-order valence-electron chi connectivity index (χ4n) is 4.25. The van der Waals surface area contributed by atoms with E-state index in [9.17, 15) is 26.0 Å². The van der Waals surface area contributed by atoms with Gasteiger partial charge in [-0.25, -0.2) is 13.4 Å². The molecule has 0 saturated carbocycles. The second-order valence-electron chi connectivity index (χ2n) is 8.25. The highest BCUT2D eigenvalue weighted by molar-refractivity contribution is 7.90. The van der Waals surface area contributed by atoms with E-state index in [1.165, 1.54) is 37.4 Å². The molecule has 3 aromatic rings. The SMILES string of the molecule is COCCc1cc(C(F)(F)F)ccc1[C@H]1CCOc2cc(S(=O)(=O)Cc3cccc(F)n3)ccc21. The quantitative estimate of drug-likeness (QED) is 0.319. The van der Waals surface area contributed by atoms with Crippen molar-refractivity contribution in [2.75, 3.05) is 20.3 Å². The number of aromatic nitrogens is 1. The van der Waals surface area contributed by atoms with Gasteiger partial charge in [-0.3, -0.25) is 0 Å². The number of fused-ring (bicyclic) bond motifs is 1. The molecule has 0 amide bonds. The minimum atomic E-state index is -4.46. The number of nitrogens with zero attached hydrogens (tertiary/aromatic N) is 1. The molecule has 0 aliphatic carbocycles. The second kappa shape index (κ2) is 9.94. The van der Waals surface area contributed by atoms with Crippen molar-refractivity contribution in [3.05, 3.63) is 88.5 Å². The van der Waals surface area contributed by atoms with Gasteiger partial charge in [0.2, 0.25) is 5.95 Å². The van der Waals surface area contributed by atoms with Gasteiger partial charge < -0.3 is 9.47 Å². The standard InChI is InChI=1S/C25H23F4NO4S/c1-33-11-9-16-13-17(25(27,28)29)5-7-20(16)21-10-12-34-23-14-19(6-8-22(21)23)35(31,32)15-18-3-2-4-24(26)30-18/h2-8,13-14,21H,9-12,15H2,1H3/t21-/m1/s1. The molecule has 0 unspecified atom stereocenters. The summed E-state index contributed by atoms with van der Waals surface area (Å²) in [6.07, 6.45) is -3.64. The largest absolute Gasteiger partial charge is 0.493 e. The van der Waals surface area contributed by atoms with Crippen LogP contribution in [-0.2, 0) is 32.9 Å². The summed E-state index contributed by atoms with van der Waals surface area (Å²) >= 11 is 0. The normalized spacial score (nSPS) is 16.0. The zero-order valence-corrected chi connectivity index (χ0v) is 19.6. The van der Waals surface area contributed by atoms with Crippen LogP contribution in [0.1, 0.15) is 40.3 Å². The predicted octanol–water partition coefficient (Wildman–Crippen LogP) is 5.32. The van der Waals surface area contributed by atoms with Gasteiger partial charge in [-0.2, -0.15) is 17.6 Å². The van der Waals surface area contributed by atoms with Crippen molar-refractivity contribution in [1.29, 1.82) is 0 Å². The molecular weight excluding hydrogens is 486 g/mol. The van der Waals surface area contributed by atoms with E-state index in [-0.39, 0.29) is 29.7 Å². The Morgan fingerprint density at radius 2 is 1.86 bits per heavy atom. The third kappa shape index (κ3) is 5.65. The highest BCUT2D eigenvalue weighted by Crippen LogP contribution is 2.42.